The number of primary amides is 1. The SMILES string of the molecule is NC(=O)C(OC(=O)c1ccccc1OC(F)F)c1ccccc1. The molecule has 23 heavy (non-hydrogen) atoms. The number of carbonyl (C=O) groups is 2. The van der Waals surface area contributed by atoms with E-state index in [4.69, 9.17) is 10.5 Å². The molecule has 5 nitrogen and oxygen atoms in total. The second kappa shape index (κ2) is 7.35. The zero-order valence-electron chi connectivity index (χ0n) is 11.8. The van der Waals surface area contributed by atoms with Gasteiger partial charge in [0, 0.05) is 5.56 Å². The standard InChI is InChI=1S/C16H13F2NO4/c17-16(18)22-12-9-5-4-8-11(12)15(21)23-13(14(19)20)10-6-2-1-3-7-10/h1-9,13,16H,(H2,19,20). The zero-order valence-corrected chi connectivity index (χ0v) is 11.8. The predicted molar refractivity (Wildman–Crippen MR) is 76.9 cm³/mol. The molecule has 1 atom stereocenters. The minimum Gasteiger partial charge on any atom is -0.444 e. The van der Waals surface area contributed by atoms with Crippen LogP contribution in [0.25, 0.3) is 0 Å². The minimum atomic E-state index is -3.09. The van der Waals surface area contributed by atoms with Gasteiger partial charge in [0.25, 0.3) is 5.91 Å². The van der Waals surface area contributed by atoms with Crippen molar-refractivity contribution in [2.24, 2.45) is 5.73 Å². The van der Waals surface area contributed by atoms with E-state index >= 15 is 0 Å². The summed E-state index contributed by atoms with van der Waals surface area (Å²) in [5.74, 6) is -2.21. The highest BCUT2D eigenvalue weighted by molar-refractivity contribution is 5.94. The van der Waals surface area contributed by atoms with Gasteiger partial charge in [-0.05, 0) is 12.1 Å². The Kier molecular flexibility index (Phi) is 5.24. The van der Waals surface area contributed by atoms with Gasteiger partial charge in [-0.1, -0.05) is 42.5 Å². The van der Waals surface area contributed by atoms with Crippen LogP contribution in [0.3, 0.4) is 0 Å². The lowest BCUT2D eigenvalue weighted by Crippen LogP contribution is -2.26. The van der Waals surface area contributed by atoms with Crippen LogP contribution in [-0.2, 0) is 9.53 Å². The van der Waals surface area contributed by atoms with E-state index in [0.29, 0.717) is 5.56 Å². The van der Waals surface area contributed by atoms with E-state index in [1.165, 1.54) is 24.3 Å². The number of benzene rings is 2. The van der Waals surface area contributed by atoms with Crippen LogP contribution >= 0.6 is 0 Å². The molecule has 7 heteroatoms. The maximum atomic E-state index is 12.4. The lowest BCUT2D eigenvalue weighted by atomic mass is 10.1. The maximum absolute atomic E-state index is 12.4. The fourth-order valence-electron chi connectivity index (χ4n) is 1.92. The van der Waals surface area contributed by atoms with Crippen molar-refractivity contribution in [2.75, 3.05) is 0 Å². The average molecular weight is 321 g/mol. The Hall–Kier alpha value is -2.96. The molecule has 2 N–H and O–H groups in total. The van der Waals surface area contributed by atoms with Gasteiger partial charge >= 0.3 is 12.6 Å². The summed E-state index contributed by atoms with van der Waals surface area (Å²) in [6.45, 7) is -3.09. The number of nitrogens with two attached hydrogens (primary N) is 1. The Morgan fingerprint density at radius 1 is 0.957 bits per heavy atom. The van der Waals surface area contributed by atoms with Crippen molar-refractivity contribution in [3.8, 4) is 5.75 Å². The van der Waals surface area contributed by atoms with Crippen molar-refractivity contribution in [1.29, 1.82) is 0 Å². The van der Waals surface area contributed by atoms with Crippen molar-refractivity contribution in [3.05, 3.63) is 65.7 Å². The van der Waals surface area contributed by atoms with Crippen LogP contribution in [0.15, 0.2) is 54.6 Å². The number of esters is 1. The van der Waals surface area contributed by atoms with Crippen molar-refractivity contribution in [1.82, 2.24) is 0 Å². The number of para-hydroxylation sites is 1. The number of hydrogen-bond acceptors (Lipinski definition) is 4. The first-order valence-electron chi connectivity index (χ1n) is 6.58. The number of hydrogen-bond donors (Lipinski definition) is 1. The van der Waals surface area contributed by atoms with Crippen LogP contribution in [0.2, 0.25) is 0 Å². The molecule has 120 valence electrons. The van der Waals surface area contributed by atoms with Crippen molar-refractivity contribution in [2.45, 2.75) is 12.7 Å². The molecular formula is C16H13F2NO4. The second-order valence-electron chi connectivity index (χ2n) is 4.47. The maximum Gasteiger partial charge on any atom is 0.387 e. The smallest absolute Gasteiger partial charge is 0.387 e. The number of amides is 1. The lowest BCUT2D eigenvalue weighted by Gasteiger charge is -2.16. The van der Waals surface area contributed by atoms with Gasteiger partial charge in [-0.15, -0.1) is 0 Å². The molecule has 2 aromatic rings. The van der Waals surface area contributed by atoms with E-state index in [1.54, 1.807) is 30.3 Å². The summed E-state index contributed by atoms with van der Waals surface area (Å²) in [5.41, 5.74) is 5.40. The average Bonchev–Trinajstić information content (AvgIpc) is 2.53. The van der Waals surface area contributed by atoms with E-state index in [9.17, 15) is 18.4 Å². The third kappa shape index (κ3) is 4.26. The first-order chi connectivity index (χ1) is 11.0. The molecule has 2 aromatic carbocycles. The third-order valence-electron chi connectivity index (χ3n) is 2.91. The van der Waals surface area contributed by atoms with Crippen LogP contribution < -0.4 is 10.5 Å². The van der Waals surface area contributed by atoms with E-state index in [2.05, 4.69) is 4.74 Å². The van der Waals surface area contributed by atoms with Gasteiger partial charge in [0.2, 0.25) is 6.10 Å². The van der Waals surface area contributed by atoms with Crippen LogP contribution in [0.4, 0.5) is 8.78 Å². The number of rotatable bonds is 6. The predicted octanol–water partition coefficient (Wildman–Crippen LogP) is 2.67. The Labute approximate surface area is 130 Å². The summed E-state index contributed by atoms with van der Waals surface area (Å²) < 4.78 is 34.1. The van der Waals surface area contributed by atoms with Gasteiger partial charge in [-0.3, -0.25) is 4.79 Å². The van der Waals surface area contributed by atoms with Gasteiger partial charge in [0.05, 0.1) is 0 Å². The fourth-order valence-corrected chi connectivity index (χ4v) is 1.92. The summed E-state index contributed by atoms with van der Waals surface area (Å²) in [6.07, 6.45) is -1.33. The first-order valence-corrected chi connectivity index (χ1v) is 6.58. The van der Waals surface area contributed by atoms with Crippen LogP contribution in [0, 0.1) is 0 Å². The molecule has 1 unspecified atom stereocenters. The molecule has 0 aliphatic carbocycles. The summed E-state index contributed by atoms with van der Waals surface area (Å²) in [7, 11) is 0. The molecule has 0 aliphatic rings. The first kappa shape index (κ1) is 16.4. The molecule has 0 radical (unpaired) electrons. The van der Waals surface area contributed by atoms with Gasteiger partial charge < -0.3 is 15.2 Å². The number of carbonyl (C=O) groups excluding carboxylic acids is 2. The number of halogens is 2. The molecule has 0 aromatic heterocycles. The number of alkyl halides is 2. The van der Waals surface area contributed by atoms with Crippen LogP contribution in [-0.4, -0.2) is 18.5 Å². The largest absolute Gasteiger partial charge is 0.444 e. The minimum absolute atomic E-state index is 0.227. The molecule has 0 saturated heterocycles. The highest BCUT2D eigenvalue weighted by Crippen LogP contribution is 2.24. The Bertz CT molecular complexity index is 691. The van der Waals surface area contributed by atoms with Crippen LogP contribution in [0.5, 0.6) is 5.75 Å². The highest BCUT2D eigenvalue weighted by atomic mass is 19.3. The van der Waals surface area contributed by atoms with E-state index in [-0.39, 0.29) is 11.3 Å². The summed E-state index contributed by atoms with van der Waals surface area (Å²) >= 11 is 0. The van der Waals surface area contributed by atoms with Gasteiger partial charge in [-0.2, -0.15) is 8.78 Å². The molecule has 0 aliphatic heterocycles. The molecule has 0 fully saturated rings. The van der Waals surface area contributed by atoms with Gasteiger partial charge in [-0.25, -0.2) is 4.79 Å². The zero-order chi connectivity index (χ0) is 16.8. The summed E-state index contributed by atoms with van der Waals surface area (Å²) in [5, 5.41) is 0. The Balaban J connectivity index is 2.25. The fraction of sp³-hybridized carbons (Fsp3) is 0.125. The molecular weight excluding hydrogens is 308 g/mol. The topological polar surface area (TPSA) is 78.6 Å². The van der Waals surface area contributed by atoms with Crippen LogP contribution in [0.1, 0.15) is 22.0 Å². The summed E-state index contributed by atoms with van der Waals surface area (Å²) in [4.78, 5) is 23.7. The molecule has 0 bridgehead atoms. The Morgan fingerprint density at radius 2 is 1.57 bits per heavy atom. The second-order valence-corrected chi connectivity index (χ2v) is 4.47. The molecule has 1 amide bonds. The molecule has 0 heterocycles. The highest BCUT2D eigenvalue weighted by Gasteiger charge is 2.25. The van der Waals surface area contributed by atoms with Crippen molar-refractivity contribution >= 4 is 11.9 Å². The molecule has 0 saturated carbocycles. The Morgan fingerprint density at radius 3 is 2.17 bits per heavy atom. The van der Waals surface area contributed by atoms with E-state index < -0.39 is 24.6 Å². The van der Waals surface area contributed by atoms with Gasteiger partial charge in [0.1, 0.15) is 11.3 Å². The van der Waals surface area contributed by atoms with Gasteiger partial charge in [0.15, 0.2) is 0 Å². The molecule has 2 rings (SSSR count). The third-order valence-corrected chi connectivity index (χ3v) is 2.91. The summed E-state index contributed by atoms with van der Waals surface area (Å²) in [6, 6.07) is 13.5. The van der Waals surface area contributed by atoms with E-state index in [0.717, 1.165) is 0 Å². The lowest BCUT2D eigenvalue weighted by molar-refractivity contribution is -0.127. The normalized spacial score (nSPS) is 11.8. The van der Waals surface area contributed by atoms with Crippen molar-refractivity contribution in [3.63, 3.8) is 0 Å². The quantitative estimate of drug-likeness (QED) is 0.830. The number of ether oxygens (including phenoxy) is 2. The van der Waals surface area contributed by atoms with E-state index in [1.807, 2.05) is 0 Å². The molecule has 0 spiro atoms. The monoisotopic (exact) mass is 321 g/mol. The van der Waals surface area contributed by atoms with Crippen molar-refractivity contribution < 1.29 is 27.8 Å².